The van der Waals surface area contributed by atoms with Crippen molar-refractivity contribution >= 4 is 26.6 Å². The van der Waals surface area contributed by atoms with Gasteiger partial charge in [0.15, 0.2) is 15.6 Å². The Hall–Kier alpha value is -2.67. The summed E-state index contributed by atoms with van der Waals surface area (Å²) in [6.45, 7) is 2.32. The van der Waals surface area contributed by atoms with Gasteiger partial charge in [0.05, 0.1) is 28.8 Å². The number of sulfone groups is 1. The van der Waals surface area contributed by atoms with Gasteiger partial charge in [-0.25, -0.2) is 13.4 Å². The number of amides is 1. The second-order valence-corrected chi connectivity index (χ2v) is 8.93. The van der Waals surface area contributed by atoms with Gasteiger partial charge in [-0.15, -0.1) is 0 Å². The van der Waals surface area contributed by atoms with E-state index in [0.717, 1.165) is 5.39 Å². The van der Waals surface area contributed by atoms with Gasteiger partial charge in [-0.1, -0.05) is 18.2 Å². The molecule has 1 fully saturated rings. The summed E-state index contributed by atoms with van der Waals surface area (Å²) in [5.74, 6) is 0.573. The molecule has 3 aromatic rings. The third-order valence-electron chi connectivity index (χ3n) is 4.97. The summed E-state index contributed by atoms with van der Waals surface area (Å²) in [7, 11) is -3.07. The molecule has 1 aliphatic heterocycles. The molecule has 6 nitrogen and oxygen atoms in total. The summed E-state index contributed by atoms with van der Waals surface area (Å²) in [5, 5.41) is 0.747. The maximum Gasteiger partial charge on any atom is 0.254 e. The highest BCUT2D eigenvalue weighted by molar-refractivity contribution is 7.91. The zero-order valence-corrected chi connectivity index (χ0v) is 15.8. The van der Waals surface area contributed by atoms with Gasteiger partial charge >= 0.3 is 0 Å². The number of nitrogens with zero attached hydrogens (tertiary/aromatic N) is 2. The summed E-state index contributed by atoms with van der Waals surface area (Å²) in [6.07, 6.45) is 2.05. The van der Waals surface area contributed by atoms with Crippen LogP contribution in [0.2, 0.25) is 0 Å². The summed E-state index contributed by atoms with van der Waals surface area (Å²) >= 11 is 0. The van der Waals surface area contributed by atoms with Gasteiger partial charge < -0.3 is 9.32 Å². The fourth-order valence-corrected chi connectivity index (χ4v) is 5.38. The van der Waals surface area contributed by atoms with Crippen molar-refractivity contribution in [3.8, 4) is 11.5 Å². The van der Waals surface area contributed by atoms with Crippen LogP contribution in [-0.4, -0.2) is 48.3 Å². The first-order chi connectivity index (χ1) is 13.0. The van der Waals surface area contributed by atoms with Gasteiger partial charge in [0.1, 0.15) is 5.69 Å². The summed E-state index contributed by atoms with van der Waals surface area (Å²) in [6, 6.07) is 12.5. The Kier molecular flexibility index (Phi) is 4.47. The zero-order chi connectivity index (χ0) is 19.0. The molecule has 0 bridgehead atoms. The van der Waals surface area contributed by atoms with Crippen molar-refractivity contribution in [3.63, 3.8) is 0 Å². The monoisotopic (exact) mass is 384 g/mol. The molecule has 140 valence electrons. The number of hydrogen-bond donors (Lipinski definition) is 0. The first-order valence-electron chi connectivity index (χ1n) is 8.93. The van der Waals surface area contributed by atoms with E-state index in [-0.39, 0.29) is 23.5 Å². The van der Waals surface area contributed by atoms with Crippen LogP contribution < -0.4 is 0 Å². The van der Waals surface area contributed by atoms with Gasteiger partial charge in [0.2, 0.25) is 0 Å². The van der Waals surface area contributed by atoms with E-state index in [1.54, 1.807) is 29.4 Å². The average Bonchev–Trinajstić information content (AvgIpc) is 3.31. The molecule has 0 spiro atoms. The van der Waals surface area contributed by atoms with Gasteiger partial charge in [0, 0.05) is 18.0 Å². The van der Waals surface area contributed by atoms with Crippen LogP contribution in [0.25, 0.3) is 22.4 Å². The second kappa shape index (κ2) is 6.81. The topological polar surface area (TPSA) is 80.5 Å². The molecule has 0 aliphatic carbocycles. The molecule has 0 N–H and O–H groups in total. The number of carbonyl (C=O) groups is 1. The Labute approximate surface area is 157 Å². The summed E-state index contributed by atoms with van der Waals surface area (Å²) in [4.78, 5) is 19.7. The number of rotatable bonds is 4. The predicted molar refractivity (Wildman–Crippen MR) is 103 cm³/mol. The third kappa shape index (κ3) is 3.35. The molecule has 0 saturated carbocycles. The minimum absolute atomic E-state index is 0.0284. The molecule has 1 saturated heterocycles. The normalized spacial score (nSPS) is 18.6. The van der Waals surface area contributed by atoms with Crippen molar-refractivity contribution in [2.45, 2.75) is 19.4 Å². The van der Waals surface area contributed by atoms with Gasteiger partial charge in [-0.05, 0) is 37.6 Å². The van der Waals surface area contributed by atoms with E-state index in [9.17, 15) is 13.2 Å². The first-order valence-corrected chi connectivity index (χ1v) is 10.8. The number of para-hydroxylation sites is 1. The summed E-state index contributed by atoms with van der Waals surface area (Å²) < 4.78 is 29.2. The molecule has 7 heteroatoms. The predicted octanol–water partition coefficient (Wildman–Crippen LogP) is 3.14. The van der Waals surface area contributed by atoms with Crippen molar-refractivity contribution in [2.24, 2.45) is 0 Å². The quantitative estimate of drug-likeness (QED) is 0.690. The second-order valence-electron chi connectivity index (χ2n) is 6.70. The van der Waals surface area contributed by atoms with Crippen LogP contribution in [0.5, 0.6) is 0 Å². The number of furan rings is 1. The number of pyridine rings is 1. The van der Waals surface area contributed by atoms with E-state index in [1.807, 2.05) is 31.2 Å². The smallest absolute Gasteiger partial charge is 0.254 e. The first kappa shape index (κ1) is 17.7. The Morgan fingerprint density at radius 2 is 2.07 bits per heavy atom. The Bertz CT molecular complexity index is 1090. The van der Waals surface area contributed by atoms with Crippen molar-refractivity contribution in [2.75, 3.05) is 18.1 Å². The van der Waals surface area contributed by atoms with Crippen molar-refractivity contribution in [1.29, 1.82) is 0 Å². The number of benzene rings is 1. The lowest BCUT2D eigenvalue weighted by atomic mass is 10.0. The minimum atomic E-state index is -3.07. The molecule has 1 amide bonds. The SMILES string of the molecule is CCN(C(=O)c1cc(-c2ccco2)nc2ccccc12)C1CCS(=O)(=O)C1. The number of hydrogen-bond acceptors (Lipinski definition) is 5. The maximum atomic E-state index is 13.4. The lowest BCUT2D eigenvalue weighted by molar-refractivity contribution is 0.0710. The van der Waals surface area contributed by atoms with E-state index >= 15 is 0 Å². The van der Waals surface area contributed by atoms with Crippen molar-refractivity contribution < 1.29 is 17.6 Å². The highest BCUT2D eigenvalue weighted by atomic mass is 32.2. The van der Waals surface area contributed by atoms with Gasteiger partial charge in [-0.2, -0.15) is 0 Å². The number of carbonyl (C=O) groups excluding carboxylic acids is 1. The van der Waals surface area contributed by atoms with Crippen LogP contribution in [0.4, 0.5) is 0 Å². The summed E-state index contributed by atoms with van der Waals surface area (Å²) in [5.41, 5.74) is 1.79. The third-order valence-corrected chi connectivity index (χ3v) is 6.72. The van der Waals surface area contributed by atoms with Crippen LogP contribution in [0.3, 0.4) is 0 Å². The molecular weight excluding hydrogens is 364 g/mol. The fraction of sp³-hybridized carbons (Fsp3) is 0.300. The molecule has 27 heavy (non-hydrogen) atoms. The van der Waals surface area contributed by atoms with Crippen molar-refractivity contribution in [3.05, 3.63) is 54.3 Å². The Morgan fingerprint density at radius 1 is 1.26 bits per heavy atom. The van der Waals surface area contributed by atoms with E-state index in [2.05, 4.69) is 4.98 Å². The lowest BCUT2D eigenvalue weighted by Crippen LogP contribution is -2.41. The maximum absolute atomic E-state index is 13.4. The minimum Gasteiger partial charge on any atom is -0.463 e. The van der Waals surface area contributed by atoms with E-state index < -0.39 is 9.84 Å². The van der Waals surface area contributed by atoms with E-state index in [4.69, 9.17) is 4.42 Å². The number of aromatic nitrogens is 1. The lowest BCUT2D eigenvalue weighted by Gasteiger charge is -2.27. The Morgan fingerprint density at radius 3 is 2.74 bits per heavy atom. The van der Waals surface area contributed by atoms with Crippen LogP contribution in [0, 0.1) is 0 Å². The molecule has 1 unspecified atom stereocenters. The molecule has 4 rings (SSSR count). The molecule has 1 atom stereocenters. The molecular formula is C20H20N2O4S. The van der Waals surface area contributed by atoms with E-state index in [1.165, 1.54) is 0 Å². The van der Waals surface area contributed by atoms with Crippen LogP contribution in [0.1, 0.15) is 23.7 Å². The van der Waals surface area contributed by atoms with Crippen LogP contribution in [0.15, 0.2) is 53.1 Å². The van der Waals surface area contributed by atoms with Crippen LogP contribution >= 0.6 is 0 Å². The average molecular weight is 384 g/mol. The number of fused-ring (bicyclic) bond motifs is 1. The molecule has 0 radical (unpaired) electrons. The highest BCUT2D eigenvalue weighted by Gasteiger charge is 2.34. The van der Waals surface area contributed by atoms with E-state index in [0.29, 0.717) is 35.5 Å². The van der Waals surface area contributed by atoms with Gasteiger partial charge in [0.25, 0.3) is 5.91 Å². The standard InChI is InChI=1S/C20H20N2O4S/c1-2-22(14-9-11-27(24,25)13-14)20(23)16-12-18(19-8-5-10-26-19)21-17-7-4-3-6-15(16)17/h3-8,10,12,14H,2,9,11,13H2,1H3. The van der Waals surface area contributed by atoms with Gasteiger partial charge in [-0.3, -0.25) is 4.79 Å². The largest absolute Gasteiger partial charge is 0.463 e. The highest BCUT2D eigenvalue weighted by Crippen LogP contribution is 2.28. The molecule has 1 aliphatic rings. The fourth-order valence-electron chi connectivity index (χ4n) is 3.65. The van der Waals surface area contributed by atoms with Crippen LogP contribution in [-0.2, 0) is 9.84 Å². The Balaban J connectivity index is 1.80. The molecule has 3 heterocycles. The van der Waals surface area contributed by atoms with Crippen molar-refractivity contribution in [1.82, 2.24) is 9.88 Å². The molecule has 2 aromatic heterocycles. The molecule has 1 aromatic carbocycles. The zero-order valence-electron chi connectivity index (χ0n) is 15.0.